The van der Waals surface area contributed by atoms with E-state index in [9.17, 15) is 9.59 Å². The average molecular weight is 363 g/mol. The Labute approximate surface area is 158 Å². The fourth-order valence-electron chi connectivity index (χ4n) is 2.98. The number of carbonyl (C=O) groups excluding carboxylic acids is 2. The topological polar surface area (TPSA) is 64.4 Å². The SMILES string of the molecule is COC(=O)N(c1ccccc1)C(C)CC(=O)c1nccn1-c1ccccc1. The molecule has 0 bridgehead atoms. The highest BCUT2D eigenvalue weighted by atomic mass is 16.5. The van der Waals surface area contributed by atoms with Crippen LogP contribution in [0.2, 0.25) is 0 Å². The summed E-state index contributed by atoms with van der Waals surface area (Å²) in [6, 6.07) is 18.3. The van der Waals surface area contributed by atoms with Gasteiger partial charge in [-0.25, -0.2) is 9.78 Å². The van der Waals surface area contributed by atoms with Gasteiger partial charge in [-0.3, -0.25) is 14.3 Å². The van der Waals surface area contributed by atoms with Crippen LogP contribution in [0.5, 0.6) is 0 Å². The van der Waals surface area contributed by atoms with E-state index in [1.165, 1.54) is 12.0 Å². The molecule has 0 N–H and O–H groups in total. The number of para-hydroxylation sites is 2. The summed E-state index contributed by atoms with van der Waals surface area (Å²) in [5.74, 6) is 0.187. The molecule has 1 heterocycles. The van der Waals surface area contributed by atoms with Crippen molar-refractivity contribution < 1.29 is 14.3 Å². The molecule has 6 heteroatoms. The molecule has 2 aromatic carbocycles. The molecule has 3 rings (SSSR count). The number of rotatable bonds is 6. The van der Waals surface area contributed by atoms with Gasteiger partial charge in [-0.2, -0.15) is 0 Å². The lowest BCUT2D eigenvalue weighted by Crippen LogP contribution is -2.40. The summed E-state index contributed by atoms with van der Waals surface area (Å²) in [7, 11) is 1.33. The molecule has 0 fully saturated rings. The van der Waals surface area contributed by atoms with Gasteiger partial charge in [0.25, 0.3) is 0 Å². The van der Waals surface area contributed by atoms with Crippen molar-refractivity contribution in [2.24, 2.45) is 0 Å². The van der Waals surface area contributed by atoms with Gasteiger partial charge in [-0.15, -0.1) is 0 Å². The maximum Gasteiger partial charge on any atom is 0.414 e. The van der Waals surface area contributed by atoms with Crippen LogP contribution in [0, 0.1) is 0 Å². The van der Waals surface area contributed by atoms with Crippen molar-refractivity contribution in [2.45, 2.75) is 19.4 Å². The zero-order chi connectivity index (χ0) is 19.2. The van der Waals surface area contributed by atoms with Gasteiger partial charge in [0.05, 0.1) is 7.11 Å². The zero-order valence-electron chi connectivity index (χ0n) is 15.3. The molecule has 27 heavy (non-hydrogen) atoms. The van der Waals surface area contributed by atoms with Crippen LogP contribution in [0.4, 0.5) is 10.5 Å². The highest BCUT2D eigenvalue weighted by Crippen LogP contribution is 2.21. The molecule has 0 aliphatic carbocycles. The number of carbonyl (C=O) groups is 2. The number of hydrogen-bond acceptors (Lipinski definition) is 4. The van der Waals surface area contributed by atoms with E-state index in [2.05, 4.69) is 4.98 Å². The van der Waals surface area contributed by atoms with Crippen LogP contribution < -0.4 is 4.90 Å². The van der Waals surface area contributed by atoms with Gasteiger partial charge in [0, 0.05) is 36.2 Å². The van der Waals surface area contributed by atoms with Crippen molar-refractivity contribution in [3.8, 4) is 5.69 Å². The Kier molecular flexibility index (Phi) is 5.66. The number of anilines is 1. The van der Waals surface area contributed by atoms with E-state index < -0.39 is 12.1 Å². The molecule has 0 saturated heterocycles. The number of benzene rings is 2. The predicted octanol–water partition coefficient (Wildman–Crippen LogP) is 4.11. The Hall–Kier alpha value is -3.41. The Morgan fingerprint density at radius 2 is 1.70 bits per heavy atom. The number of methoxy groups -OCH3 is 1. The number of imidazole rings is 1. The fraction of sp³-hybridized carbons (Fsp3) is 0.190. The van der Waals surface area contributed by atoms with E-state index in [0.717, 1.165) is 5.69 Å². The minimum Gasteiger partial charge on any atom is -0.452 e. The maximum atomic E-state index is 12.9. The van der Waals surface area contributed by atoms with Crippen LogP contribution in [-0.4, -0.2) is 34.6 Å². The molecular weight excluding hydrogens is 342 g/mol. The third-order valence-electron chi connectivity index (χ3n) is 4.25. The standard InChI is InChI=1S/C21H21N3O3/c1-16(24(21(26)27-2)18-11-7-4-8-12-18)15-19(25)20-22-13-14-23(20)17-9-5-3-6-10-17/h3-14,16H,15H2,1-2H3. The lowest BCUT2D eigenvalue weighted by atomic mass is 10.1. The summed E-state index contributed by atoms with van der Waals surface area (Å²) in [4.78, 5) is 30.9. The van der Waals surface area contributed by atoms with Gasteiger partial charge < -0.3 is 4.74 Å². The van der Waals surface area contributed by atoms with E-state index in [1.807, 2.05) is 67.6 Å². The molecule has 0 aliphatic rings. The fourth-order valence-corrected chi connectivity index (χ4v) is 2.98. The quantitative estimate of drug-likeness (QED) is 0.618. The molecule has 0 aliphatic heterocycles. The van der Waals surface area contributed by atoms with Gasteiger partial charge in [0.1, 0.15) is 0 Å². The van der Waals surface area contributed by atoms with E-state index in [1.54, 1.807) is 17.0 Å². The molecule has 0 radical (unpaired) electrons. The van der Waals surface area contributed by atoms with Gasteiger partial charge in [-0.1, -0.05) is 36.4 Å². The van der Waals surface area contributed by atoms with Gasteiger partial charge >= 0.3 is 6.09 Å². The first kappa shape index (κ1) is 18.4. The molecule has 1 atom stereocenters. The van der Waals surface area contributed by atoms with Gasteiger partial charge in [-0.05, 0) is 31.2 Å². The second-order valence-electron chi connectivity index (χ2n) is 6.11. The van der Waals surface area contributed by atoms with Crippen molar-refractivity contribution >= 4 is 17.6 Å². The number of ether oxygens (including phenoxy) is 1. The van der Waals surface area contributed by atoms with E-state index in [0.29, 0.717) is 11.5 Å². The average Bonchev–Trinajstić information content (AvgIpc) is 3.19. The van der Waals surface area contributed by atoms with Crippen LogP contribution in [0.15, 0.2) is 73.1 Å². The number of nitrogens with zero attached hydrogens (tertiary/aromatic N) is 3. The van der Waals surface area contributed by atoms with Crippen molar-refractivity contribution in [1.82, 2.24) is 9.55 Å². The molecular formula is C21H21N3O3. The van der Waals surface area contributed by atoms with Crippen LogP contribution in [0.25, 0.3) is 5.69 Å². The van der Waals surface area contributed by atoms with E-state index >= 15 is 0 Å². The van der Waals surface area contributed by atoms with Crippen LogP contribution in [0.3, 0.4) is 0 Å². The van der Waals surface area contributed by atoms with Crippen LogP contribution in [0.1, 0.15) is 24.0 Å². The van der Waals surface area contributed by atoms with Crippen LogP contribution >= 0.6 is 0 Å². The summed E-state index contributed by atoms with van der Waals surface area (Å²) in [6.45, 7) is 1.82. The first-order valence-electron chi connectivity index (χ1n) is 8.66. The van der Waals surface area contributed by atoms with Crippen molar-refractivity contribution in [3.63, 3.8) is 0 Å². The monoisotopic (exact) mass is 363 g/mol. The number of Topliss-reactive ketones (excluding diaryl/α,β-unsaturated/α-hetero) is 1. The summed E-state index contributed by atoms with van der Waals surface area (Å²) in [5, 5.41) is 0. The third-order valence-corrected chi connectivity index (χ3v) is 4.25. The van der Waals surface area contributed by atoms with Crippen molar-refractivity contribution in [3.05, 3.63) is 78.9 Å². The summed E-state index contributed by atoms with van der Waals surface area (Å²) < 4.78 is 6.66. The minimum absolute atomic E-state index is 0.119. The first-order valence-corrected chi connectivity index (χ1v) is 8.66. The number of amides is 1. The third kappa shape index (κ3) is 4.06. The van der Waals surface area contributed by atoms with Crippen LogP contribution in [-0.2, 0) is 4.74 Å². The van der Waals surface area contributed by atoms with Gasteiger partial charge in [0.15, 0.2) is 5.82 Å². The number of ketones is 1. The normalized spacial score (nSPS) is 11.6. The van der Waals surface area contributed by atoms with E-state index in [-0.39, 0.29) is 12.2 Å². The molecule has 1 amide bonds. The Bertz CT molecular complexity index is 907. The highest BCUT2D eigenvalue weighted by molar-refractivity contribution is 5.96. The molecule has 1 aromatic heterocycles. The molecule has 6 nitrogen and oxygen atoms in total. The van der Waals surface area contributed by atoms with E-state index in [4.69, 9.17) is 4.74 Å². The Morgan fingerprint density at radius 3 is 2.33 bits per heavy atom. The van der Waals surface area contributed by atoms with Gasteiger partial charge in [0.2, 0.25) is 5.78 Å². The molecule has 0 spiro atoms. The summed E-state index contributed by atoms with van der Waals surface area (Å²) >= 11 is 0. The highest BCUT2D eigenvalue weighted by Gasteiger charge is 2.26. The molecule has 3 aromatic rings. The molecule has 1 unspecified atom stereocenters. The summed E-state index contributed by atoms with van der Waals surface area (Å²) in [6.07, 6.45) is 2.96. The second-order valence-corrected chi connectivity index (χ2v) is 6.11. The second kappa shape index (κ2) is 8.31. The molecule has 138 valence electrons. The lowest BCUT2D eigenvalue weighted by molar-refractivity contribution is 0.0963. The smallest absolute Gasteiger partial charge is 0.414 e. The van der Waals surface area contributed by atoms with Crippen molar-refractivity contribution in [2.75, 3.05) is 12.0 Å². The Morgan fingerprint density at radius 1 is 1.07 bits per heavy atom. The number of aromatic nitrogens is 2. The lowest BCUT2D eigenvalue weighted by Gasteiger charge is -2.27. The number of hydrogen-bond donors (Lipinski definition) is 0. The first-order chi connectivity index (χ1) is 13.1. The zero-order valence-corrected chi connectivity index (χ0v) is 15.3. The predicted molar refractivity (Wildman–Crippen MR) is 103 cm³/mol. The summed E-state index contributed by atoms with van der Waals surface area (Å²) in [5.41, 5.74) is 1.54. The Balaban J connectivity index is 1.83. The van der Waals surface area contributed by atoms with Crippen molar-refractivity contribution in [1.29, 1.82) is 0 Å². The maximum absolute atomic E-state index is 12.9. The largest absolute Gasteiger partial charge is 0.452 e. The molecule has 0 saturated carbocycles. The minimum atomic E-state index is -0.507.